The third-order valence-corrected chi connectivity index (χ3v) is 5.79. The molecule has 1 amide bonds. The van der Waals surface area contributed by atoms with Crippen molar-refractivity contribution in [3.8, 4) is 11.1 Å². The highest BCUT2D eigenvalue weighted by Crippen LogP contribution is 2.35. The van der Waals surface area contributed by atoms with Gasteiger partial charge in [0.15, 0.2) is 0 Å². The lowest BCUT2D eigenvalue weighted by molar-refractivity contribution is 0.100. The van der Waals surface area contributed by atoms with Crippen LogP contribution in [0.5, 0.6) is 0 Å². The monoisotopic (exact) mass is 394 g/mol. The number of carbonyl (C=O) groups excluding carboxylic acids is 1. The van der Waals surface area contributed by atoms with Crippen LogP contribution in [-0.2, 0) is 0 Å². The van der Waals surface area contributed by atoms with Gasteiger partial charge < -0.3 is 10.7 Å². The minimum atomic E-state index is -0.467. The van der Waals surface area contributed by atoms with Crippen molar-refractivity contribution in [2.75, 3.05) is 0 Å². The maximum absolute atomic E-state index is 11.1. The first-order chi connectivity index (χ1) is 13.6. The first kappa shape index (κ1) is 20.2. The number of aromatic amines is 1. The molecule has 4 heteroatoms. The summed E-state index contributed by atoms with van der Waals surface area (Å²) in [6.45, 7) is 2.38. The van der Waals surface area contributed by atoms with Crippen LogP contribution in [0.1, 0.15) is 54.4 Å². The Bertz CT molecular complexity index is 896. The maximum Gasteiger partial charge on any atom is 0.250 e. The largest absolute Gasteiger partial charge is 0.366 e. The number of primary amides is 1. The third-order valence-electron chi connectivity index (χ3n) is 5.46. The average Bonchev–Trinajstić information content (AvgIpc) is 3.20. The van der Waals surface area contributed by atoms with E-state index in [1.54, 1.807) is 24.0 Å². The van der Waals surface area contributed by atoms with E-state index in [0.717, 1.165) is 23.0 Å². The average molecular weight is 395 g/mol. The second-order valence-electron chi connectivity index (χ2n) is 7.49. The number of nitrogens with one attached hydrogen (secondary N) is 1. The topological polar surface area (TPSA) is 58.9 Å². The van der Waals surface area contributed by atoms with Gasteiger partial charge in [0.05, 0.1) is 5.56 Å². The standard InChI is InChI=1S/C13H18.C11H9ClN2O/c1-11-7-9-13(10-8-11)12-5-3-2-4-6-12;12-10-4-2-1-3-7(10)8-5-14-6-9(8)11(13)15/h2-6,11,13H,7-10H2,1H3;1-6,14H,(H2,13,15). The Labute approximate surface area is 171 Å². The highest BCUT2D eigenvalue weighted by molar-refractivity contribution is 6.33. The zero-order valence-electron chi connectivity index (χ0n) is 16.2. The zero-order valence-corrected chi connectivity index (χ0v) is 17.0. The van der Waals surface area contributed by atoms with Crippen LogP contribution >= 0.6 is 11.6 Å². The summed E-state index contributed by atoms with van der Waals surface area (Å²) in [6.07, 6.45) is 8.90. The van der Waals surface area contributed by atoms with Crippen molar-refractivity contribution in [1.29, 1.82) is 0 Å². The number of H-pyrrole nitrogens is 1. The molecule has 28 heavy (non-hydrogen) atoms. The van der Waals surface area contributed by atoms with Crippen molar-refractivity contribution < 1.29 is 4.79 Å². The lowest BCUT2D eigenvalue weighted by Gasteiger charge is -2.26. The molecule has 0 unspecified atom stereocenters. The molecule has 0 saturated heterocycles. The molecule has 0 bridgehead atoms. The molecule has 4 rings (SSSR count). The van der Waals surface area contributed by atoms with Crippen LogP contribution in [0.25, 0.3) is 11.1 Å². The summed E-state index contributed by atoms with van der Waals surface area (Å²) in [6, 6.07) is 18.3. The van der Waals surface area contributed by atoms with E-state index in [-0.39, 0.29) is 0 Å². The molecule has 1 saturated carbocycles. The van der Waals surface area contributed by atoms with Crippen molar-refractivity contribution >= 4 is 17.5 Å². The Kier molecular flexibility index (Phi) is 6.94. The van der Waals surface area contributed by atoms with E-state index < -0.39 is 5.91 Å². The molecule has 1 aliphatic rings. The highest BCUT2D eigenvalue weighted by Gasteiger charge is 2.19. The number of benzene rings is 2. The highest BCUT2D eigenvalue weighted by atomic mass is 35.5. The number of aromatic nitrogens is 1. The van der Waals surface area contributed by atoms with Gasteiger partial charge in [-0.15, -0.1) is 0 Å². The summed E-state index contributed by atoms with van der Waals surface area (Å²) in [5.41, 5.74) is 8.77. The molecule has 0 spiro atoms. The van der Waals surface area contributed by atoms with Crippen molar-refractivity contribution in [1.82, 2.24) is 4.98 Å². The first-order valence-corrected chi connectivity index (χ1v) is 10.2. The second kappa shape index (κ2) is 9.61. The summed E-state index contributed by atoms with van der Waals surface area (Å²) in [5, 5.41) is 0.597. The number of rotatable bonds is 3. The van der Waals surface area contributed by atoms with Crippen LogP contribution in [0.3, 0.4) is 0 Å². The minimum absolute atomic E-state index is 0.447. The van der Waals surface area contributed by atoms with Crippen LogP contribution in [0.2, 0.25) is 5.02 Å². The van der Waals surface area contributed by atoms with E-state index in [9.17, 15) is 4.79 Å². The van der Waals surface area contributed by atoms with Gasteiger partial charge in [-0.3, -0.25) is 4.79 Å². The molecule has 0 atom stereocenters. The molecule has 3 nitrogen and oxygen atoms in total. The fourth-order valence-electron chi connectivity index (χ4n) is 3.79. The normalized spacial score (nSPS) is 18.8. The maximum atomic E-state index is 11.1. The van der Waals surface area contributed by atoms with E-state index in [1.807, 2.05) is 18.2 Å². The number of hydrogen-bond acceptors (Lipinski definition) is 1. The van der Waals surface area contributed by atoms with Gasteiger partial charge in [0.25, 0.3) is 5.91 Å². The van der Waals surface area contributed by atoms with Crippen LogP contribution in [0, 0.1) is 5.92 Å². The molecule has 0 radical (unpaired) electrons. The van der Waals surface area contributed by atoms with E-state index in [2.05, 4.69) is 42.2 Å². The number of carbonyl (C=O) groups is 1. The van der Waals surface area contributed by atoms with Crippen LogP contribution < -0.4 is 5.73 Å². The third kappa shape index (κ3) is 5.05. The SMILES string of the molecule is CC1CCC(c2ccccc2)CC1.NC(=O)c1c[nH]cc1-c1ccccc1Cl. The van der Waals surface area contributed by atoms with Crippen LogP contribution in [-0.4, -0.2) is 10.9 Å². The molecule has 1 aromatic heterocycles. The Balaban J connectivity index is 0.000000162. The summed E-state index contributed by atoms with van der Waals surface area (Å²) in [5.74, 6) is 1.34. The summed E-state index contributed by atoms with van der Waals surface area (Å²) < 4.78 is 0. The van der Waals surface area contributed by atoms with Gasteiger partial charge in [-0.25, -0.2) is 0 Å². The summed E-state index contributed by atoms with van der Waals surface area (Å²) >= 11 is 6.03. The van der Waals surface area contributed by atoms with E-state index in [0.29, 0.717) is 10.6 Å². The van der Waals surface area contributed by atoms with Crippen molar-refractivity contribution in [3.05, 3.63) is 83.1 Å². The van der Waals surface area contributed by atoms with E-state index in [1.165, 1.54) is 25.7 Å². The molecule has 1 fully saturated rings. The Morgan fingerprint density at radius 3 is 2.21 bits per heavy atom. The molecular formula is C24H27ClN2O. The van der Waals surface area contributed by atoms with E-state index >= 15 is 0 Å². The number of amides is 1. The van der Waals surface area contributed by atoms with Crippen LogP contribution in [0.4, 0.5) is 0 Å². The fraction of sp³-hybridized carbons (Fsp3) is 0.292. The van der Waals surface area contributed by atoms with Gasteiger partial charge in [-0.2, -0.15) is 0 Å². The molecule has 2 aromatic carbocycles. The minimum Gasteiger partial charge on any atom is -0.366 e. The second-order valence-corrected chi connectivity index (χ2v) is 7.90. The fourth-order valence-corrected chi connectivity index (χ4v) is 4.03. The van der Waals surface area contributed by atoms with Crippen molar-refractivity contribution in [3.63, 3.8) is 0 Å². The van der Waals surface area contributed by atoms with Gasteiger partial charge in [-0.1, -0.05) is 79.9 Å². The predicted octanol–water partition coefficient (Wildman–Crippen LogP) is 6.41. The quantitative estimate of drug-likeness (QED) is 0.529. The smallest absolute Gasteiger partial charge is 0.250 e. The molecule has 0 aliphatic heterocycles. The Morgan fingerprint density at radius 1 is 0.929 bits per heavy atom. The van der Waals surface area contributed by atoms with Gasteiger partial charge in [0.1, 0.15) is 0 Å². The number of nitrogens with two attached hydrogens (primary N) is 1. The summed E-state index contributed by atoms with van der Waals surface area (Å²) in [4.78, 5) is 14.0. The van der Waals surface area contributed by atoms with Gasteiger partial charge in [0, 0.05) is 28.5 Å². The zero-order chi connectivity index (χ0) is 19.9. The molecule has 146 valence electrons. The summed E-state index contributed by atoms with van der Waals surface area (Å²) in [7, 11) is 0. The Hall–Kier alpha value is -2.52. The molecule has 1 aliphatic carbocycles. The molecule has 3 aromatic rings. The predicted molar refractivity (Wildman–Crippen MR) is 117 cm³/mol. The molecule has 1 heterocycles. The lowest BCUT2D eigenvalue weighted by atomic mass is 9.79. The molecular weight excluding hydrogens is 368 g/mol. The first-order valence-electron chi connectivity index (χ1n) is 9.82. The number of hydrogen-bond donors (Lipinski definition) is 2. The van der Waals surface area contributed by atoms with Crippen LogP contribution in [0.15, 0.2) is 67.0 Å². The number of halogens is 1. The Morgan fingerprint density at radius 2 is 1.57 bits per heavy atom. The van der Waals surface area contributed by atoms with Gasteiger partial charge in [-0.05, 0) is 36.3 Å². The van der Waals surface area contributed by atoms with Gasteiger partial charge in [0.2, 0.25) is 0 Å². The lowest BCUT2D eigenvalue weighted by Crippen LogP contribution is -2.10. The molecule has 3 N–H and O–H groups in total. The van der Waals surface area contributed by atoms with Crippen molar-refractivity contribution in [2.45, 2.75) is 38.5 Å². The van der Waals surface area contributed by atoms with Gasteiger partial charge >= 0.3 is 0 Å². The van der Waals surface area contributed by atoms with Crippen molar-refractivity contribution in [2.24, 2.45) is 11.7 Å². The van der Waals surface area contributed by atoms with E-state index in [4.69, 9.17) is 17.3 Å².